The third kappa shape index (κ3) is 3.67. The van der Waals surface area contributed by atoms with Crippen LogP contribution in [0.25, 0.3) is 5.65 Å². The van der Waals surface area contributed by atoms with Gasteiger partial charge >= 0.3 is 5.82 Å². The number of aromatic nitrogens is 2. The zero-order valence-electron chi connectivity index (χ0n) is 14.9. The van der Waals surface area contributed by atoms with Crippen molar-refractivity contribution < 1.29 is 10.0 Å². The Labute approximate surface area is 151 Å². The molecule has 0 saturated carbocycles. The maximum Gasteiger partial charge on any atom is 0.372 e. The zero-order valence-corrected chi connectivity index (χ0v) is 14.9. The number of hydrogen-bond donors (Lipinski definition) is 1. The van der Waals surface area contributed by atoms with Gasteiger partial charge in [-0.15, -0.1) is 0 Å². The summed E-state index contributed by atoms with van der Waals surface area (Å²) in [7, 11) is 0. The lowest BCUT2D eigenvalue weighted by atomic mass is 10.0. The Hall–Kier alpha value is -2.93. The van der Waals surface area contributed by atoms with Crippen molar-refractivity contribution in [3.63, 3.8) is 0 Å². The molecule has 0 bridgehead atoms. The van der Waals surface area contributed by atoms with Crippen LogP contribution in [0.4, 0.5) is 11.6 Å². The Kier molecular flexibility index (Phi) is 4.90. The van der Waals surface area contributed by atoms with Crippen LogP contribution >= 0.6 is 0 Å². The van der Waals surface area contributed by atoms with Gasteiger partial charge in [-0.05, 0) is 29.9 Å². The molecule has 3 aromatic rings. The van der Waals surface area contributed by atoms with E-state index < -0.39 is 10.5 Å². The molecule has 0 aliphatic rings. The van der Waals surface area contributed by atoms with Crippen molar-refractivity contribution in [2.75, 3.05) is 11.4 Å². The fourth-order valence-electron chi connectivity index (χ4n) is 2.88. The van der Waals surface area contributed by atoms with E-state index >= 15 is 0 Å². The van der Waals surface area contributed by atoms with Crippen LogP contribution in [-0.4, -0.2) is 31.6 Å². The summed E-state index contributed by atoms with van der Waals surface area (Å²) in [5, 5.41) is 22.3. The number of nitro groups is 1. The second kappa shape index (κ2) is 7.13. The summed E-state index contributed by atoms with van der Waals surface area (Å²) in [6, 6.07) is 14.9. The number of hydrogen-bond acceptors (Lipinski definition) is 5. The lowest BCUT2D eigenvalue weighted by Crippen LogP contribution is -2.40. The molecule has 1 atom stereocenters. The molecule has 0 fully saturated rings. The molecule has 0 amide bonds. The van der Waals surface area contributed by atoms with Crippen LogP contribution in [-0.2, 0) is 6.54 Å². The molecule has 26 heavy (non-hydrogen) atoms. The summed E-state index contributed by atoms with van der Waals surface area (Å²) in [6.45, 7) is 4.27. The monoisotopic (exact) mass is 354 g/mol. The SMILES string of the molecule is CC[C@](C)(O)CN(Cc1ccccc1)c1nc2ccccn2c1[N+](=O)[O-]. The van der Waals surface area contributed by atoms with E-state index in [1.54, 1.807) is 36.2 Å². The third-order valence-electron chi connectivity index (χ3n) is 4.47. The van der Waals surface area contributed by atoms with Crippen LogP contribution in [0, 0.1) is 10.1 Å². The second-order valence-corrected chi connectivity index (χ2v) is 6.64. The molecule has 3 rings (SSSR count). The summed E-state index contributed by atoms with van der Waals surface area (Å²) in [5.74, 6) is 0.169. The first kappa shape index (κ1) is 17.9. The number of nitrogens with zero attached hydrogens (tertiary/aromatic N) is 4. The highest BCUT2D eigenvalue weighted by molar-refractivity contribution is 5.63. The summed E-state index contributed by atoms with van der Waals surface area (Å²) >= 11 is 0. The van der Waals surface area contributed by atoms with Gasteiger partial charge in [0.15, 0.2) is 0 Å². The molecular weight excluding hydrogens is 332 g/mol. The third-order valence-corrected chi connectivity index (χ3v) is 4.47. The lowest BCUT2D eigenvalue weighted by Gasteiger charge is -2.30. The number of fused-ring (bicyclic) bond motifs is 1. The number of anilines is 1. The Balaban J connectivity index is 2.10. The molecule has 0 aliphatic heterocycles. The van der Waals surface area contributed by atoms with Crippen LogP contribution in [0.3, 0.4) is 0 Å². The molecular formula is C19H22N4O3. The predicted molar refractivity (Wildman–Crippen MR) is 100 cm³/mol. The molecule has 0 radical (unpaired) electrons. The normalized spacial score (nSPS) is 13.5. The van der Waals surface area contributed by atoms with Crippen molar-refractivity contribution in [2.24, 2.45) is 0 Å². The Morgan fingerprint density at radius 2 is 1.92 bits per heavy atom. The topological polar surface area (TPSA) is 83.9 Å². The maximum absolute atomic E-state index is 11.7. The summed E-state index contributed by atoms with van der Waals surface area (Å²) in [6.07, 6.45) is 2.15. The van der Waals surface area contributed by atoms with Gasteiger partial charge in [-0.3, -0.25) is 0 Å². The summed E-state index contributed by atoms with van der Waals surface area (Å²) < 4.78 is 1.47. The van der Waals surface area contributed by atoms with Gasteiger partial charge < -0.3 is 20.1 Å². The minimum absolute atomic E-state index is 0.0940. The van der Waals surface area contributed by atoms with Crippen molar-refractivity contribution >= 4 is 17.3 Å². The van der Waals surface area contributed by atoms with E-state index in [4.69, 9.17) is 0 Å². The highest BCUT2D eigenvalue weighted by Crippen LogP contribution is 2.31. The quantitative estimate of drug-likeness (QED) is 0.519. The number of rotatable bonds is 7. The van der Waals surface area contributed by atoms with Crippen molar-refractivity contribution in [3.05, 3.63) is 70.4 Å². The zero-order chi connectivity index (χ0) is 18.7. The average molecular weight is 354 g/mol. The first-order valence-corrected chi connectivity index (χ1v) is 8.54. The molecule has 2 aromatic heterocycles. The number of aliphatic hydroxyl groups is 1. The molecule has 136 valence electrons. The van der Waals surface area contributed by atoms with E-state index in [9.17, 15) is 15.2 Å². The van der Waals surface area contributed by atoms with Crippen LogP contribution < -0.4 is 4.90 Å². The fraction of sp³-hybridized carbons (Fsp3) is 0.316. The van der Waals surface area contributed by atoms with Gasteiger partial charge in [0.25, 0.3) is 0 Å². The predicted octanol–water partition coefficient (Wildman–Crippen LogP) is 3.41. The maximum atomic E-state index is 11.7. The molecule has 7 heteroatoms. The van der Waals surface area contributed by atoms with Gasteiger partial charge in [0, 0.05) is 19.2 Å². The molecule has 1 N–H and O–H groups in total. The number of benzene rings is 1. The first-order chi connectivity index (χ1) is 12.4. The average Bonchev–Trinajstić information content (AvgIpc) is 3.01. The lowest BCUT2D eigenvalue weighted by molar-refractivity contribution is -0.389. The van der Waals surface area contributed by atoms with Crippen molar-refractivity contribution in [2.45, 2.75) is 32.4 Å². The van der Waals surface area contributed by atoms with Gasteiger partial charge in [0.05, 0.1) is 11.8 Å². The van der Waals surface area contributed by atoms with Crippen molar-refractivity contribution in [3.8, 4) is 0 Å². The number of pyridine rings is 1. The van der Waals surface area contributed by atoms with E-state index in [1.807, 2.05) is 37.3 Å². The largest absolute Gasteiger partial charge is 0.388 e. The minimum atomic E-state index is -0.988. The van der Waals surface area contributed by atoms with Crippen LogP contribution in [0.2, 0.25) is 0 Å². The standard InChI is InChI=1S/C19H22N4O3/c1-3-19(2,24)14-21(13-15-9-5-4-6-10-15)17-18(23(25)26)22-12-8-7-11-16(22)20-17/h4-12,24H,3,13-14H2,1-2H3/t19-/m0/s1. The first-order valence-electron chi connectivity index (χ1n) is 8.54. The van der Waals surface area contributed by atoms with Crippen LogP contribution in [0.15, 0.2) is 54.7 Å². The minimum Gasteiger partial charge on any atom is -0.388 e. The van der Waals surface area contributed by atoms with Gasteiger partial charge in [0.1, 0.15) is 0 Å². The summed E-state index contributed by atoms with van der Waals surface area (Å²) in [4.78, 5) is 17.6. The summed E-state index contributed by atoms with van der Waals surface area (Å²) in [5.41, 5.74) is 0.507. The van der Waals surface area contributed by atoms with E-state index in [1.165, 1.54) is 4.40 Å². The Morgan fingerprint density at radius 1 is 1.23 bits per heavy atom. The van der Waals surface area contributed by atoms with E-state index in [2.05, 4.69) is 4.98 Å². The smallest absolute Gasteiger partial charge is 0.372 e. The molecule has 0 unspecified atom stereocenters. The highest BCUT2D eigenvalue weighted by atomic mass is 16.6. The van der Waals surface area contributed by atoms with E-state index in [0.29, 0.717) is 18.6 Å². The molecule has 0 aliphatic carbocycles. The number of imidazole rings is 1. The molecule has 0 spiro atoms. The Bertz CT molecular complexity index is 906. The fourth-order valence-corrected chi connectivity index (χ4v) is 2.88. The van der Waals surface area contributed by atoms with Crippen LogP contribution in [0.5, 0.6) is 0 Å². The van der Waals surface area contributed by atoms with Crippen molar-refractivity contribution in [1.82, 2.24) is 9.38 Å². The Morgan fingerprint density at radius 3 is 2.58 bits per heavy atom. The van der Waals surface area contributed by atoms with Crippen molar-refractivity contribution in [1.29, 1.82) is 0 Å². The van der Waals surface area contributed by atoms with Gasteiger partial charge in [0.2, 0.25) is 11.5 Å². The van der Waals surface area contributed by atoms with E-state index in [-0.39, 0.29) is 18.2 Å². The highest BCUT2D eigenvalue weighted by Gasteiger charge is 2.31. The molecule has 7 nitrogen and oxygen atoms in total. The van der Waals surface area contributed by atoms with Gasteiger partial charge in [-0.2, -0.15) is 9.38 Å². The van der Waals surface area contributed by atoms with Gasteiger partial charge in [-0.25, -0.2) is 0 Å². The molecule has 0 saturated heterocycles. The van der Waals surface area contributed by atoms with Crippen LogP contribution in [0.1, 0.15) is 25.8 Å². The molecule has 1 aromatic carbocycles. The molecule has 2 heterocycles. The van der Waals surface area contributed by atoms with E-state index in [0.717, 1.165) is 5.56 Å². The van der Waals surface area contributed by atoms with Gasteiger partial charge in [-0.1, -0.05) is 43.3 Å². The second-order valence-electron chi connectivity index (χ2n) is 6.64.